The van der Waals surface area contributed by atoms with Crippen LogP contribution in [0.15, 0.2) is 28.7 Å². The Balaban J connectivity index is 1.84. The quantitative estimate of drug-likeness (QED) is 0.897. The highest BCUT2D eigenvalue weighted by molar-refractivity contribution is 9.10. The van der Waals surface area contributed by atoms with Gasteiger partial charge in [0.1, 0.15) is 0 Å². The Labute approximate surface area is 92.8 Å². The molecule has 1 aliphatic carbocycles. The van der Waals surface area contributed by atoms with Gasteiger partial charge >= 0.3 is 0 Å². The minimum absolute atomic E-state index is 0.461. The fourth-order valence-electron chi connectivity index (χ4n) is 1.66. The summed E-state index contributed by atoms with van der Waals surface area (Å²) in [7, 11) is 1.78. The normalized spacial score (nSPS) is 25.6. The van der Waals surface area contributed by atoms with Crippen LogP contribution in [0.25, 0.3) is 0 Å². The van der Waals surface area contributed by atoms with Gasteiger partial charge in [-0.05, 0) is 37.1 Å². The molecule has 1 aromatic rings. The molecule has 0 atom stereocenters. The Bertz CT molecular complexity index is 293. The van der Waals surface area contributed by atoms with Crippen LogP contribution in [0.2, 0.25) is 0 Å². The van der Waals surface area contributed by atoms with E-state index in [-0.39, 0.29) is 0 Å². The number of hydrogen-bond acceptors (Lipinski definition) is 2. The second-order valence-electron chi connectivity index (χ2n) is 3.68. The van der Waals surface area contributed by atoms with Gasteiger partial charge in [-0.15, -0.1) is 0 Å². The van der Waals surface area contributed by atoms with E-state index in [1.807, 2.05) is 0 Å². The molecule has 0 unspecified atom stereocenters. The number of anilines is 1. The van der Waals surface area contributed by atoms with Crippen LogP contribution in [0.5, 0.6) is 0 Å². The summed E-state index contributed by atoms with van der Waals surface area (Å²) < 4.78 is 6.34. The molecule has 1 N–H and O–H groups in total. The molecule has 0 amide bonds. The molecule has 0 aliphatic heterocycles. The number of nitrogens with one attached hydrogen (secondary N) is 1. The number of rotatable bonds is 3. The first kappa shape index (κ1) is 9.99. The molecule has 1 aliphatic rings. The maximum atomic E-state index is 5.23. The van der Waals surface area contributed by atoms with E-state index >= 15 is 0 Å². The molecule has 0 heterocycles. The number of ether oxygens (including phenoxy) is 1. The first-order chi connectivity index (χ1) is 6.78. The highest BCUT2D eigenvalue weighted by Gasteiger charge is 2.28. The maximum absolute atomic E-state index is 5.23. The average Bonchev–Trinajstić information content (AvgIpc) is 2.13. The van der Waals surface area contributed by atoms with Crippen molar-refractivity contribution in [1.29, 1.82) is 0 Å². The van der Waals surface area contributed by atoms with Crippen molar-refractivity contribution in [2.75, 3.05) is 12.4 Å². The minimum Gasteiger partial charge on any atom is -0.382 e. The summed E-state index contributed by atoms with van der Waals surface area (Å²) in [6, 6.07) is 8.86. The van der Waals surface area contributed by atoms with Crippen molar-refractivity contribution in [3.05, 3.63) is 28.7 Å². The number of benzene rings is 1. The smallest absolute Gasteiger partial charge is 0.0610 e. The maximum Gasteiger partial charge on any atom is 0.0610 e. The standard InChI is InChI=1S/C11H14BrNO/c1-14-11-6-10(7-11)13-9-4-2-8(12)3-5-9/h2-5,10-11,13H,6-7H2,1H3. The van der Waals surface area contributed by atoms with Crippen LogP contribution < -0.4 is 5.32 Å². The summed E-state index contributed by atoms with van der Waals surface area (Å²) in [6.07, 6.45) is 2.70. The molecule has 0 radical (unpaired) electrons. The molecule has 0 spiro atoms. The van der Waals surface area contributed by atoms with Gasteiger partial charge in [-0.3, -0.25) is 0 Å². The fourth-order valence-corrected chi connectivity index (χ4v) is 1.92. The zero-order chi connectivity index (χ0) is 9.97. The highest BCUT2D eigenvalue weighted by atomic mass is 79.9. The van der Waals surface area contributed by atoms with Gasteiger partial charge in [0.25, 0.3) is 0 Å². The van der Waals surface area contributed by atoms with Crippen LogP contribution in [0.4, 0.5) is 5.69 Å². The largest absolute Gasteiger partial charge is 0.382 e. The first-order valence-corrected chi connectivity index (χ1v) is 5.62. The van der Waals surface area contributed by atoms with E-state index in [0.29, 0.717) is 12.1 Å². The second kappa shape index (κ2) is 4.32. The van der Waals surface area contributed by atoms with Gasteiger partial charge in [-0.1, -0.05) is 15.9 Å². The summed E-state index contributed by atoms with van der Waals surface area (Å²) >= 11 is 3.42. The van der Waals surface area contributed by atoms with E-state index in [4.69, 9.17) is 4.74 Å². The zero-order valence-corrected chi connectivity index (χ0v) is 9.75. The van der Waals surface area contributed by atoms with Crippen molar-refractivity contribution in [1.82, 2.24) is 0 Å². The topological polar surface area (TPSA) is 21.3 Å². The lowest BCUT2D eigenvalue weighted by atomic mass is 9.89. The Morgan fingerprint density at radius 3 is 2.50 bits per heavy atom. The Morgan fingerprint density at radius 1 is 1.29 bits per heavy atom. The molecule has 2 nitrogen and oxygen atoms in total. The van der Waals surface area contributed by atoms with Gasteiger partial charge in [0, 0.05) is 23.3 Å². The third kappa shape index (κ3) is 2.28. The summed E-state index contributed by atoms with van der Waals surface area (Å²) in [5.41, 5.74) is 1.19. The van der Waals surface area contributed by atoms with Crippen molar-refractivity contribution in [3.8, 4) is 0 Å². The lowest BCUT2D eigenvalue weighted by Gasteiger charge is -2.35. The van der Waals surface area contributed by atoms with Crippen LogP contribution in [0.3, 0.4) is 0 Å². The van der Waals surface area contributed by atoms with E-state index in [9.17, 15) is 0 Å². The van der Waals surface area contributed by atoms with Crippen molar-refractivity contribution in [2.24, 2.45) is 0 Å². The van der Waals surface area contributed by atoms with E-state index in [1.54, 1.807) is 7.11 Å². The van der Waals surface area contributed by atoms with Crippen LogP contribution in [-0.4, -0.2) is 19.3 Å². The van der Waals surface area contributed by atoms with E-state index in [1.165, 1.54) is 5.69 Å². The number of hydrogen-bond donors (Lipinski definition) is 1. The summed E-state index contributed by atoms with van der Waals surface area (Å²) in [4.78, 5) is 0. The number of methoxy groups -OCH3 is 1. The molecule has 1 aromatic carbocycles. The van der Waals surface area contributed by atoms with Crippen LogP contribution in [-0.2, 0) is 4.74 Å². The summed E-state index contributed by atoms with van der Waals surface area (Å²) in [5.74, 6) is 0. The lowest BCUT2D eigenvalue weighted by molar-refractivity contribution is 0.0329. The summed E-state index contributed by atoms with van der Waals surface area (Å²) in [5, 5.41) is 3.47. The predicted molar refractivity (Wildman–Crippen MR) is 61.6 cm³/mol. The first-order valence-electron chi connectivity index (χ1n) is 4.83. The second-order valence-corrected chi connectivity index (χ2v) is 4.59. The lowest BCUT2D eigenvalue weighted by Crippen LogP contribution is -2.40. The van der Waals surface area contributed by atoms with E-state index < -0.39 is 0 Å². The fraction of sp³-hybridized carbons (Fsp3) is 0.455. The SMILES string of the molecule is COC1CC(Nc2ccc(Br)cc2)C1. The molecule has 14 heavy (non-hydrogen) atoms. The molecule has 1 fully saturated rings. The molecule has 76 valence electrons. The van der Waals surface area contributed by atoms with Crippen molar-refractivity contribution >= 4 is 21.6 Å². The van der Waals surface area contributed by atoms with Gasteiger partial charge in [-0.25, -0.2) is 0 Å². The van der Waals surface area contributed by atoms with Gasteiger partial charge in [-0.2, -0.15) is 0 Å². The minimum atomic E-state index is 0.461. The summed E-state index contributed by atoms with van der Waals surface area (Å²) in [6.45, 7) is 0. The molecule has 3 heteroatoms. The van der Waals surface area contributed by atoms with Crippen molar-refractivity contribution in [2.45, 2.75) is 25.0 Å². The highest BCUT2D eigenvalue weighted by Crippen LogP contribution is 2.26. The van der Waals surface area contributed by atoms with Crippen molar-refractivity contribution in [3.63, 3.8) is 0 Å². The molecule has 0 saturated heterocycles. The molecular formula is C11H14BrNO. The van der Waals surface area contributed by atoms with Gasteiger partial charge in [0.15, 0.2) is 0 Å². The average molecular weight is 256 g/mol. The molecular weight excluding hydrogens is 242 g/mol. The van der Waals surface area contributed by atoms with Gasteiger partial charge in [0.05, 0.1) is 6.10 Å². The Morgan fingerprint density at radius 2 is 1.93 bits per heavy atom. The predicted octanol–water partition coefficient (Wildman–Crippen LogP) is 3.04. The zero-order valence-electron chi connectivity index (χ0n) is 8.16. The molecule has 0 bridgehead atoms. The van der Waals surface area contributed by atoms with Crippen LogP contribution >= 0.6 is 15.9 Å². The third-order valence-electron chi connectivity index (χ3n) is 2.64. The molecule has 1 saturated carbocycles. The molecule has 2 rings (SSSR count). The van der Waals surface area contributed by atoms with E-state index in [0.717, 1.165) is 17.3 Å². The van der Waals surface area contributed by atoms with Crippen molar-refractivity contribution < 1.29 is 4.74 Å². The van der Waals surface area contributed by atoms with Crippen LogP contribution in [0.1, 0.15) is 12.8 Å². The van der Waals surface area contributed by atoms with Crippen LogP contribution in [0, 0.1) is 0 Å². The Kier molecular flexibility index (Phi) is 3.08. The van der Waals surface area contributed by atoms with Gasteiger partial charge in [0.2, 0.25) is 0 Å². The third-order valence-corrected chi connectivity index (χ3v) is 3.17. The van der Waals surface area contributed by atoms with E-state index in [2.05, 4.69) is 45.5 Å². The molecule has 0 aromatic heterocycles. The number of halogens is 1. The van der Waals surface area contributed by atoms with Gasteiger partial charge < -0.3 is 10.1 Å². The Hall–Kier alpha value is -0.540. The monoisotopic (exact) mass is 255 g/mol.